The Hall–Kier alpha value is -3.43. The molecule has 3 N–H and O–H groups in total. The molecule has 2 aliphatic rings. The molecule has 1 atom stereocenters. The molecule has 2 aliphatic heterocycles. The van der Waals surface area contributed by atoms with E-state index in [1.54, 1.807) is 6.20 Å². The number of amides is 1. The number of anilines is 2. The molecule has 9 nitrogen and oxygen atoms in total. The van der Waals surface area contributed by atoms with Gasteiger partial charge in [-0.2, -0.15) is 0 Å². The fraction of sp³-hybridized carbons (Fsp3) is 0.368. The number of aromatic nitrogens is 4. The van der Waals surface area contributed by atoms with Crippen molar-refractivity contribution in [2.75, 3.05) is 30.3 Å². The van der Waals surface area contributed by atoms with Gasteiger partial charge in [-0.25, -0.2) is 18.9 Å². The lowest BCUT2D eigenvalue weighted by Crippen LogP contribution is -2.28. The zero-order valence-electron chi connectivity index (χ0n) is 15.6. The largest absolute Gasteiger partial charge is 0.477 e. The third-order valence-electron chi connectivity index (χ3n) is 5.32. The van der Waals surface area contributed by atoms with Crippen molar-refractivity contribution in [2.45, 2.75) is 25.3 Å². The number of hydrogen-bond acceptors (Lipinski definition) is 7. The van der Waals surface area contributed by atoms with Crippen LogP contribution >= 0.6 is 0 Å². The minimum Gasteiger partial charge on any atom is -0.477 e. The first-order valence-corrected chi connectivity index (χ1v) is 9.60. The van der Waals surface area contributed by atoms with E-state index in [4.69, 9.17) is 10.5 Å². The maximum absolute atomic E-state index is 14.0. The van der Waals surface area contributed by atoms with Crippen molar-refractivity contribution < 1.29 is 13.9 Å². The number of ether oxygens (including phenoxy) is 1. The fourth-order valence-corrected chi connectivity index (χ4v) is 4.01. The number of halogens is 1. The van der Waals surface area contributed by atoms with Crippen LogP contribution in [-0.4, -0.2) is 45.2 Å². The summed E-state index contributed by atoms with van der Waals surface area (Å²) in [4.78, 5) is 23.6. The van der Waals surface area contributed by atoms with E-state index in [0.29, 0.717) is 42.5 Å². The Morgan fingerprint density at radius 2 is 2.24 bits per heavy atom. The Morgan fingerprint density at radius 3 is 3.14 bits per heavy atom. The Labute approximate surface area is 165 Å². The van der Waals surface area contributed by atoms with E-state index in [9.17, 15) is 9.18 Å². The maximum Gasteiger partial charge on any atom is 0.258 e. The summed E-state index contributed by atoms with van der Waals surface area (Å²) in [7, 11) is 0. The Kier molecular flexibility index (Phi) is 4.18. The summed E-state index contributed by atoms with van der Waals surface area (Å²) in [6.45, 7) is 1.48. The predicted molar refractivity (Wildman–Crippen MR) is 103 cm³/mol. The zero-order chi connectivity index (χ0) is 20.0. The van der Waals surface area contributed by atoms with E-state index in [2.05, 4.69) is 25.3 Å². The summed E-state index contributed by atoms with van der Waals surface area (Å²) in [5.74, 6) is 0.493. The van der Waals surface area contributed by atoms with Gasteiger partial charge in [0.05, 0.1) is 18.8 Å². The van der Waals surface area contributed by atoms with Crippen LogP contribution in [0.2, 0.25) is 0 Å². The van der Waals surface area contributed by atoms with Crippen LogP contribution in [0.1, 0.15) is 41.2 Å². The summed E-state index contributed by atoms with van der Waals surface area (Å²) in [6, 6.07) is 3.18. The van der Waals surface area contributed by atoms with Gasteiger partial charge in [0.15, 0.2) is 11.5 Å². The molecular formula is C19H20FN7O2. The topological polar surface area (TPSA) is 111 Å². The molecule has 1 fully saturated rings. The average Bonchev–Trinajstić information content (AvgIpc) is 3.31. The van der Waals surface area contributed by atoms with Gasteiger partial charge in [-0.3, -0.25) is 4.79 Å². The van der Waals surface area contributed by atoms with Crippen molar-refractivity contribution in [3.05, 3.63) is 41.5 Å². The highest BCUT2D eigenvalue weighted by molar-refractivity contribution is 6.04. The van der Waals surface area contributed by atoms with E-state index < -0.39 is 5.82 Å². The van der Waals surface area contributed by atoms with Crippen molar-refractivity contribution in [1.29, 1.82) is 0 Å². The van der Waals surface area contributed by atoms with Crippen molar-refractivity contribution in [3.63, 3.8) is 0 Å². The highest BCUT2D eigenvalue weighted by atomic mass is 19.1. The van der Waals surface area contributed by atoms with Crippen LogP contribution < -0.4 is 20.7 Å². The lowest BCUT2D eigenvalue weighted by atomic mass is 10.1. The summed E-state index contributed by atoms with van der Waals surface area (Å²) < 4.78 is 21.3. The molecule has 5 heterocycles. The molecule has 1 amide bonds. The van der Waals surface area contributed by atoms with E-state index in [-0.39, 0.29) is 23.3 Å². The lowest BCUT2D eigenvalue weighted by molar-refractivity contribution is 0.0953. The van der Waals surface area contributed by atoms with E-state index in [0.717, 1.165) is 25.6 Å². The minimum atomic E-state index is -0.401. The van der Waals surface area contributed by atoms with Crippen LogP contribution in [0.5, 0.6) is 5.88 Å². The van der Waals surface area contributed by atoms with E-state index in [1.807, 2.05) is 6.07 Å². The Morgan fingerprint density at radius 1 is 1.34 bits per heavy atom. The van der Waals surface area contributed by atoms with Gasteiger partial charge >= 0.3 is 0 Å². The summed E-state index contributed by atoms with van der Waals surface area (Å²) in [5.41, 5.74) is 7.35. The molecule has 0 radical (unpaired) electrons. The second-order valence-corrected chi connectivity index (χ2v) is 7.17. The number of rotatable bonds is 0. The number of fused-ring (bicyclic) bond motifs is 5. The standard InChI is InChI=1S/C19H20FN7O2/c20-11-9-12-13-3-1-6-26(13)14-4-7-27-17(24-14)15(16(21)25-27)18(28)22-5-2-8-29-19(12)23-10-11/h4,7,9-10,13H,1-3,5-6,8H2,(H2,21,25)(H,22,28). The molecule has 0 spiro atoms. The average molecular weight is 397 g/mol. The number of nitrogens with two attached hydrogens (primary N) is 1. The van der Waals surface area contributed by atoms with Crippen LogP contribution in [0.15, 0.2) is 24.5 Å². The normalized spacial score (nSPS) is 19.4. The van der Waals surface area contributed by atoms with Crippen LogP contribution in [0.4, 0.5) is 16.0 Å². The second-order valence-electron chi connectivity index (χ2n) is 7.17. The monoisotopic (exact) mass is 397 g/mol. The van der Waals surface area contributed by atoms with Crippen LogP contribution in [-0.2, 0) is 0 Å². The van der Waals surface area contributed by atoms with Gasteiger partial charge in [0.25, 0.3) is 5.91 Å². The first-order chi connectivity index (χ1) is 14.1. The van der Waals surface area contributed by atoms with Crippen LogP contribution in [0, 0.1) is 5.82 Å². The van der Waals surface area contributed by atoms with Crippen molar-refractivity contribution in [2.24, 2.45) is 0 Å². The molecular weight excluding hydrogens is 377 g/mol. The molecule has 0 aliphatic carbocycles. The number of carbonyl (C=O) groups excluding carboxylic acids is 1. The molecule has 10 heteroatoms. The lowest BCUT2D eigenvalue weighted by Gasteiger charge is -2.27. The number of nitrogens with one attached hydrogen (secondary N) is 1. The summed E-state index contributed by atoms with van der Waals surface area (Å²) in [5, 5.41) is 7.02. The first kappa shape index (κ1) is 17.7. The fourth-order valence-electron chi connectivity index (χ4n) is 4.01. The second kappa shape index (κ2) is 6.87. The smallest absolute Gasteiger partial charge is 0.258 e. The molecule has 2 bridgehead atoms. The van der Waals surface area contributed by atoms with Gasteiger partial charge in [-0.15, -0.1) is 5.10 Å². The molecule has 5 rings (SSSR count). The predicted octanol–water partition coefficient (Wildman–Crippen LogP) is 1.70. The third-order valence-corrected chi connectivity index (χ3v) is 5.32. The molecule has 150 valence electrons. The highest BCUT2D eigenvalue weighted by Gasteiger charge is 2.31. The Balaban J connectivity index is 1.67. The first-order valence-electron chi connectivity index (χ1n) is 9.60. The quantitative estimate of drug-likeness (QED) is 0.594. The van der Waals surface area contributed by atoms with Crippen LogP contribution in [0.25, 0.3) is 5.65 Å². The van der Waals surface area contributed by atoms with Crippen molar-refractivity contribution in [3.8, 4) is 5.88 Å². The number of carbonyl (C=O) groups is 1. The molecule has 0 aromatic carbocycles. The van der Waals surface area contributed by atoms with Gasteiger partial charge in [-0.05, 0) is 31.4 Å². The van der Waals surface area contributed by atoms with E-state index in [1.165, 1.54) is 10.6 Å². The third kappa shape index (κ3) is 3.00. The Bertz CT molecular complexity index is 1100. The molecule has 3 aromatic rings. The molecule has 29 heavy (non-hydrogen) atoms. The van der Waals surface area contributed by atoms with Crippen LogP contribution in [0.3, 0.4) is 0 Å². The van der Waals surface area contributed by atoms with Gasteiger partial charge in [0, 0.05) is 24.8 Å². The van der Waals surface area contributed by atoms with Gasteiger partial charge in [0.1, 0.15) is 17.2 Å². The SMILES string of the molecule is Nc1nn2ccc3nc2c1C(=O)NCCCOc1ncc(F)cc1C1CCCN31. The molecule has 1 unspecified atom stereocenters. The number of hydrogen-bond donors (Lipinski definition) is 2. The number of pyridine rings is 1. The molecule has 1 saturated heterocycles. The minimum absolute atomic E-state index is 0.122. The summed E-state index contributed by atoms with van der Waals surface area (Å²) in [6.07, 6.45) is 5.20. The van der Waals surface area contributed by atoms with Gasteiger partial charge in [-0.1, -0.05) is 0 Å². The number of nitrogen functional groups attached to an aromatic ring is 1. The molecule has 3 aromatic heterocycles. The van der Waals surface area contributed by atoms with Gasteiger partial charge in [0.2, 0.25) is 5.88 Å². The summed E-state index contributed by atoms with van der Waals surface area (Å²) >= 11 is 0. The van der Waals surface area contributed by atoms with Gasteiger partial charge < -0.3 is 20.7 Å². The maximum atomic E-state index is 14.0. The van der Waals surface area contributed by atoms with E-state index >= 15 is 0 Å². The van der Waals surface area contributed by atoms with Crippen molar-refractivity contribution in [1.82, 2.24) is 24.9 Å². The zero-order valence-corrected chi connectivity index (χ0v) is 15.6. The van der Waals surface area contributed by atoms with Crippen molar-refractivity contribution >= 4 is 23.2 Å². The molecule has 0 saturated carbocycles. The highest BCUT2D eigenvalue weighted by Crippen LogP contribution is 2.39. The number of nitrogens with zero attached hydrogens (tertiary/aromatic N) is 5.